The summed E-state index contributed by atoms with van der Waals surface area (Å²) in [6.45, 7) is 2.55. The van der Waals surface area contributed by atoms with Gasteiger partial charge in [0, 0.05) is 17.9 Å². The first-order valence-electron chi connectivity index (χ1n) is 6.83. The van der Waals surface area contributed by atoms with Crippen molar-refractivity contribution >= 4 is 11.6 Å². The van der Waals surface area contributed by atoms with Gasteiger partial charge in [-0.15, -0.1) is 0 Å². The van der Waals surface area contributed by atoms with E-state index in [2.05, 4.69) is 15.5 Å². The number of hydrogen-bond acceptors (Lipinski definition) is 4. The van der Waals surface area contributed by atoms with Crippen LogP contribution in [0.4, 0.5) is 5.69 Å². The first-order valence-corrected chi connectivity index (χ1v) is 6.83. The monoisotopic (exact) mass is 288 g/mol. The molecule has 1 aromatic carbocycles. The second kappa shape index (κ2) is 6.78. The number of aryl methyl sites for hydroxylation is 2. The number of amides is 1. The van der Waals surface area contributed by atoms with E-state index in [1.54, 1.807) is 18.2 Å². The lowest BCUT2D eigenvalue weighted by atomic mass is 10.1. The molecule has 6 heteroatoms. The number of benzene rings is 1. The molecule has 4 N–H and O–H groups in total. The Balaban J connectivity index is 1.89. The Labute approximate surface area is 123 Å². The fourth-order valence-corrected chi connectivity index (χ4v) is 2.16. The number of rotatable bonds is 6. The number of aromatic amines is 1. The van der Waals surface area contributed by atoms with Crippen LogP contribution in [0.15, 0.2) is 24.4 Å². The van der Waals surface area contributed by atoms with Gasteiger partial charge in [0.25, 0.3) is 5.91 Å². The van der Waals surface area contributed by atoms with E-state index in [0.717, 1.165) is 18.5 Å². The van der Waals surface area contributed by atoms with Gasteiger partial charge >= 0.3 is 0 Å². The van der Waals surface area contributed by atoms with Gasteiger partial charge in [-0.1, -0.05) is 6.07 Å². The number of nitrogens with two attached hydrogens (primary N) is 1. The first kappa shape index (κ1) is 14.9. The molecule has 0 unspecified atom stereocenters. The normalized spacial score (nSPS) is 10.4. The highest BCUT2D eigenvalue weighted by atomic mass is 16.5. The lowest BCUT2D eigenvalue weighted by molar-refractivity contribution is 0.0951. The predicted molar refractivity (Wildman–Crippen MR) is 81.4 cm³/mol. The number of nitrogens with one attached hydrogen (secondary N) is 2. The topological polar surface area (TPSA) is 93.0 Å². The predicted octanol–water partition coefficient (Wildman–Crippen LogP) is 1.67. The van der Waals surface area contributed by atoms with Crippen molar-refractivity contribution in [2.75, 3.05) is 19.4 Å². The van der Waals surface area contributed by atoms with E-state index in [1.165, 1.54) is 12.7 Å². The number of hydrogen-bond donors (Lipinski definition) is 3. The van der Waals surface area contributed by atoms with Gasteiger partial charge in [-0.2, -0.15) is 5.10 Å². The van der Waals surface area contributed by atoms with Crippen molar-refractivity contribution in [2.45, 2.75) is 19.8 Å². The molecule has 0 saturated heterocycles. The van der Waals surface area contributed by atoms with Crippen molar-refractivity contribution < 1.29 is 9.53 Å². The van der Waals surface area contributed by atoms with Gasteiger partial charge in [0.1, 0.15) is 11.3 Å². The molecule has 0 atom stereocenters. The third-order valence-electron chi connectivity index (χ3n) is 3.35. The van der Waals surface area contributed by atoms with Gasteiger partial charge < -0.3 is 15.8 Å². The Morgan fingerprint density at radius 1 is 1.48 bits per heavy atom. The summed E-state index contributed by atoms with van der Waals surface area (Å²) in [7, 11) is 1.52. The minimum atomic E-state index is -0.214. The van der Waals surface area contributed by atoms with Crippen LogP contribution in [-0.4, -0.2) is 29.8 Å². The Hall–Kier alpha value is -2.50. The Morgan fingerprint density at radius 3 is 2.95 bits per heavy atom. The van der Waals surface area contributed by atoms with Gasteiger partial charge in [0.2, 0.25) is 0 Å². The lowest BCUT2D eigenvalue weighted by Gasteiger charge is -2.11. The molecule has 1 amide bonds. The molecular formula is C15H20N4O2. The zero-order valence-corrected chi connectivity index (χ0v) is 12.3. The number of nitrogen functional groups attached to an aromatic ring is 1. The minimum Gasteiger partial charge on any atom is -0.496 e. The fraction of sp³-hybridized carbons (Fsp3) is 0.333. The number of carbonyl (C=O) groups excluding carboxylic acids is 1. The average molecular weight is 288 g/mol. The van der Waals surface area contributed by atoms with Crippen molar-refractivity contribution in [2.24, 2.45) is 0 Å². The Morgan fingerprint density at radius 2 is 2.29 bits per heavy atom. The molecule has 0 bridgehead atoms. The second-order valence-corrected chi connectivity index (χ2v) is 4.80. The number of methoxy groups -OCH3 is 1. The minimum absolute atomic E-state index is 0.214. The maximum Gasteiger partial charge on any atom is 0.257 e. The molecule has 21 heavy (non-hydrogen) atoms. The molecule has 0 aliphatic rings. The quantitative estimate of drug-likeness (QED) is 0.557. The summed E-state index contributed by atoms with van der Waals surface area (Å²) in [5.74, 6) is 0.270. The van der Waals surface area contributed by atoms with Crippen molar-refractivity contribution in [3.8, 4) is 5.75 Å². The first-order chi connectivity index (χ1) is 10.1. The average Bonchev–Trinajstić information content (AvgIpc) is 2.88. The van der Waals surface area contributed by atoms with Crippen LogP contribution in [0.25, 0.3) is 0 Å². The summed E-state index contributed by atoms with van der Waals surface area (Å²) in [5, 5.41) is 9.74. The van der Waals surface area contributed by atoms with Crippen LogP contribution in [0.1, 0.15) is 28.0 Å². The van der Waals surface area contributed by atoms with Crippen LogP contribution in [0, 0.1) is 6.92 Å². The van der Waals surface area contributed by atoms with E-state index >= 15 is 0 Å². The molecule has 0 fully saturated rings. The summed E-state index contributed by atoms with van der Waals surface area (Å²) in [6, 6.07) is 5.17. The molecule has 2 aromatic rings. The molecule has 6 nitrogen and oxygen atoms in total. The highest BCUT2D eigenvalue weighted by Crippen LogP contribution is 2.23. The van der Waals surface area contributed by atoms with Crippen LogP contribution in [0.2, 0.25) is 0 Å². The number of aromatic nitrogens is 2. The van der Waals surface area contributed by atoms with Gasteiger partial charge in [0.15, 0.2) is 0 Å². The summed E-state index contributed by atoms with van der Waals surface area (Å²) in [4.78, 5) is 12.2. The molecule has 0 spiro atoms. The summed E-state index contributed by atoms with van der Waals surface area (Å²) >= 11 is 0. The van der Waals surface area contributed by atoms with Crippen LogP contribution in [0.5, 0.6) is 5.75 Å². The lowest BCUT2D eigenvalue weighted by Crippen LogP contribution is -2.26. The third kappa shape index (κ3) is 3.53. The maximum absolute atomic E-state index is 12.2. The van der Waals surface area contributed by atoms with Crippen molar-refractivity contribution in [3.63, 3.8) is 0 Å². The zero-order valence-electron chi connectivity index (χ0n) is 12.3. The maximum atomic E-state index is 12.2. The summed E-state index contributed by atoms with van der Waals surface area (Å²) < 4.78 is 5.18. The highest BCUT2D eigenvalue weighted by molar-refractivity contribution is 6.01. The van der Waals surface area contributed by atoms with E-state index in [1.807, 2.05) is 13.1 Å². The summed E-state index contributed by atoms with van der Waals surface area (Å²) in [6.07, 6.45) is 3.51. The smallest absolute Gasteiger partial charge is 0.257 e. The standard InChI is InChI=1S/C15H20N4O2/c1-10-11(9-18-19-10)5-4-8-17-15(20)14-12(16)6-3-7-13(14)21-2/h3,6-7,9H,4-5,8,16H2,1-2H3,(H,17,20)(H,18,19). The molecule has 0 aliphatic heterocycles. The molecule has 2 rings (SSSR count). The molecule has 1 heterocycles. The van der Waals surface area contributed by atoms with Crippen molar-refractivity contribution in [1.82, 2.24) is 15.5 Å². The zero-order chi connectivity index (χ0) is 15.2. The van der Waals surface area contributed by atoms with E-state index in [-0.39, 0.29) is 5.91 Å². The fourth-order valence-electron chi connectivity index (χ4n) is 2.16. The van der Waals surface area contributed by atoms with Crippen LogP contribution in [-0.2, 0) is 6.42 Å². The number of ether oxygens (including phenoxy) is 1. The number of carbonyl (C=O) groups is 1. The van der Waals surface area contributed by atoms with Gasteiger partial charge in [-0.25, -0.2) is 0 Å². The molecule has 1 aromatic heterocycles. The van der Waals surface area contributed by atoms with Crippen molar-refractivity contribution in [3.05, 3.63) is 41.2 Å². The Bertz CT molecular complexity index is 622. The van der Waals surface area contributed by atoms with Crippen LogP contribution >= 0.6 is 0 Å². The third-order valence-corrected chi connectivity index (χ3v) is 3.35. The Kier molecular flexibility index (Phi) is 4.81. The highest BCUT2D eigenvalue weighted by Gasteiger charge is 2.15. The second-order valence-electron chi connectivity index (χ2n) is 4.80. The number of H-pyrrole nitrogens is 1. The van der Waals surface area contributed by atoms with Gasteiger partial charge in [-0.05, 0) is 37.5 Å². The van der Waals surface area contributed by atoms with Crippen LogP contribution in [0.3, 0.4) is 0 Å². The number of nitrogens with zero attached hydrogens (tertiary/aromatic N) is 1. The molecule has 112 valence electrons. The SMILES string of the molecule is COc1cccc(N)c1C(=O)NCCCc1cn[nH]c1C. The van der Waals surface area contributed by atoms with E-state index in [4.69, 9.17) is 10.5 Å². The number of anilines is 1. The summed E-state index contributed by atoms with van der Waals surface area (Å²) in [5.41, 5.74) is 8.88. The molecule has 0 radical (unpaired) electrons. The van der Waals surface area contributed by atoms with E-state index in [9.17, 15) is 4.79 Å². The van der Waals surface area contributed by atoms with E-state index in [0.29, 0.717) is 23.5 Å². The molecule has 0 aliphatic carbocycles. The van der Waals surface area contributed by atoms with Gasteiger partial charge in [0.05, 0.1) is 13.3 Å². The largest absolute Gasteiger partial charge is 0.496 e. The molecule has 0 saturated carbocycles. The van der Waals surface area contributed by atoms with Crippen LogP contribution < -0.4 is 15.8 Å². The van der Waals surface area contributed by atoms with Crippen molar-refractivity contribution in [1.29, 1.82) is 0 Å². The van der Waals surface area contributed by atoms with Gasteiger partial charge in [-0.3, -0.25) is 9.89 Å². The van der Waals surface area contributed by atoms with E-state index < -0.39 is 0 Å². The molecular weight excluding hydrogens is 268 g/mol.